The predicted molar refractivity (Wildman–Crippen MR) is 40.2 cm³/mol. The average molecular weight is 171 g/mol. The zero-order chi connectivity index (χ0) is 7.84. The van der Waals surface area contributed by atoms with E-state index in [0.717, 1.165) is 4.52 Å². The number of hydrogen-bond donors (Lipinski definition) is 0. The molecule has 0 aliphatic carbocycles. The van der Waals surface area contributed by atoms with Gasteiger partial charge in [0.2, 0.25) is 5.95 Å². The van der Waals surface area contributed by atoms with Gasteiger partial charge in [0.15, 0.2) is 0 Å². The molecule has 0 radical (unpaired) electrons. The fourth-order valence-corrected chi connectivity index (χ4v) is 1.16. The molecule has 0 bridgehead atoms. The van der Waals surface area contributed by atoms with Gasteiger partial charge in [0.05, 0.1) is 16.7 Å². The van der Waals surface area contributed by atoms with Gasteiger partial charge in [-0.2, -0.15) is 9.49 Å². The molecule has 0 aliphatic heterocycles. The summed E-state index contributed by atoms with van der Waals surface area (Å²) in [5, 5.41) is 4.24. The van der Waals surface area contributed by atoms with Gasteiger partial charge in [0.1, 0.15) is 0 Å². The summed E-state index contributed by atoms with van der Waals surface area (Å²) in [4.78, 5) is 0. The van der Waals surface area contributed by atoms with Gasteiger partial charge in [0, 0.05) is 0 Å². The first kappa shape index (κ1) is 6.61. The molecular formula is C7H4ClFN2. The van der Waals surface area contributed by atoms with Gasteiger partial charge in [-0.15, -0.1) is 0 Å². The van der Waals surface area contributed by atoms with Crippen molar-refractivity contribution in [2.75, 3.05) is 0 Å². The minimum atomic E-state index is -0.408. The van der Waals surface area contributed by atoms with Crippen LogP contribution in [0.25, 0.3) is 5.52 Å². The predicted octanol–water partition coefficient (Wildman–Crippen LogP) is 2.13. The van der Waals surface area contributed by atoms with Crippen LogP contribution < -0.4 is 0 Å². The van der Waals surface area contributed by atoms with E-state index in [1.807, 2.05) is 0 Å². The molecule has 0 atom stereocenters. The zero-order valence-electron chi connectivity index (χ0n) is 5.46. The molecule has 0 aliphatic rings. The fraction of sp³-hybridized carbons (Fsp3) is 0. The summed E-state index contributed by atoms with van der Waals surface area (Å²) < 4.78 is 14.0. The average Bonchev–Trinajstić information content (AvgIpc) is 2.45. The molecule has 11 heavy (non-hydrogen) atoms. The number of pyridine rings is 1. The Hall–Kier alpha value is -1.09. The summed E-state index contributed by atoms with van der Waals surface area (Å²) in [7, 11) is 0. The van der Waals surface area contributed by atoms with Crippen LogP contribution in [0.2, 0.25) is 5.02 Å². The van der Waals surface area contributed by atoms with Crippen molar-refractivity contribution >= 4 is 17.1 Å². The van der Waals surface area contributed by atoms with Crippen molar-refractivity contribution in [1.29, 1.82) is 0 Å². The molecule has 2 heterocycles. The lowest BCUT2D eigenvalue weighted by Gasteiger charge is -1.95. The molecule has 0 amide bonds. The van der Waals surface area contributed by atoms with Crippen LogP contribution >= 0.6 is 11.6 Å². The Bertz CT molecular complexity index is 360. The van der Waals surface area contributed by atoms with Gasteiger partial charge in [-0.25, -0.2) is 4.52 Å². The second kappa shape index (κ2) is 2.20. The Labute approximate surface area is 67.2 Å². The SMILES string of the molecule is Fc1ccc(Cl)c2ccnn12. The highest BCUT2D eigenvalue weighted by Crippen LogP contribution is 2.16. The van der Waals surface area contributed by atoms with Gasteiger partial charge < -0.3 is 0 Å². The summed E-state index contributed by atoms with van der Waals surface area (Å²) >= 11 is 5.74. The number of halogens is 2. The summed E-state index contributed by atoms with van der Waals surface area (Å²) in [5.41, 5.74) is 0.590. The molecule has 2 aromatic rings. The lowest BCUT2D eigenvalue weighted by atomic mass is 10.4. The third kappa shape index (κ3) is 0.886. The lowest BCUT2D eigenvalue weighted by molar-refractivity contribution is 0.545. The minimum Gasteiger partial charge on any atom is -0.205 e. The first-order chi connectivity index (χ1) is 5.29. The smallest absolute Gasteiger partial charge is 0.205 e. The van der Waals surface area contributed by atoms with E-state index in [9.17, 15) is 4.39 Å². The molecule has 0 saturated heterocycles. The van der Waals surface area contributed by atoms with Crippen LogP contribution in [0.5, 0.6) is 0 Å². The van der Waals surface area contributed by atoms with Crippen LogP contribution in [0.3, 0.4) is 0 Å². The van der Waals surface area contributed by atoms with E-state index in [-0.39, 0.29) is 0 Å². The maximum atomic E-state index is 12.8. The second-order valence-electron chi connectivity index (χ2n) is 2.13. The van der Waals surface area contributed by atoms with Crippen LogP contribution in [0.4, 0.5) is 4.39 Å². The largest absolute Gasteiger partial charge is 0.214 e. The van der Waals surface area contributed by atoms with Gasteiger partial charge in [0.25, 0.3) is 0 Å². The zero-order valence-corrected chi connectivity index (χ0v) is 6.22. The molecule has 2 rings (SSSR count). The maximum Gasteiger partial charge on any atom is 0.214 e. The van der Waals surface area contributed by atoms with E-state index in [1.165, 1.54) is 18.3 Å². The van der Waals surface area contributed by atoms with Crippen molar-refractivity contribution in [3.8, 4) is 0 Å². The van der Waals surface area contributed by atoms with Gasteiger partial charge in [-0.3, -0.25) is 0 Å². The Kier molecular flexibility index (Phi) is 1.32. The van der Waals surface area contributed by atoms with Crippen molar-refractivity contribution < 1.29 is 4.39 Å². The van der Waals surface area contributed by atoms with Crippen molar-refractivity contribution in [3.05, 3.63) is 35.4 Å². The second-order valence-corrected chi connectivity index (χ2v) is 2.54. The van der Waals surface area contributed by atoms with Crippen LogP contribution in [0.15, 0.2) is 24.4 Å². The number of aromatic nitrogens is 2. The minimum absolute atomic E-state index is 0.408. The van der Waals surface area contributed by atoms with E-state index < -0.39 is 5.95 Å². The van der Waals surface area contributed by atoms with Crippen LogP contribution in [-0.4, -0.2) is 9.61 Å². The fourth-order valence-electron chi connectivity index (χ4n) is 0.952. The van der Waals surface area contributed by atoms with Crippen molar-refractivity contribution in [3.63, 3.8) is 0 Å². The standard InChI is InChI=1S/C7H4ClFN2/c8-5-1-2-7(9)11-6(5)3-4-10-11/h1-4H. The van der Waals surface area contributed by atoms with E-state index in [1.54, 1.807) is 6.07 Å². The molecule has 0 N–H and O–H groups in total. The molecule has 4 heteroatoms. The normalized spacial score (nSPS) is 10.7. The molecule has 0 aromatic carbocycles. The Morgan fingerprint density at radius 2 is 2.18 bits per heavy atom. The highest BCUT2D eigenvalue weighted by Gasteiger charge is 2.02. The highest BCUT2D eigenvalue weighted by atomic mass is 35.5. The summed E-state index contributed by atoms with van der Waals surface area (Å²) in [6.07, 6.45) is 1.50. The highest BCUT2D eigenvalue weighted by molar-refractivity contribution is 6.33. The number of rotatable bonds is 0. The van der Waals surface area contributed by atoms with Gasteiger partial charge in [-0.05, 0) is 18.2 Å². The first-order valence-electron chi connectivity index (χ1n) is 3.07. The molecule has 0 unspecified atom stereocenters. The van der Waals surface area contributed by atoms with Crippen LogP contribution in [0, 0.1) is 5.95 Å². The summed E-state index contributed by atoms with van der Waals surface area (Å²) in [6.45, 7) is 0. The summed E-state index contributed by atoms with van der Waals surface area (Å²) in [6, 6.07) is 4.45. The van der Waals surface area contributed by atoms with E-state index in [2.05, 4.69) is 5.10 Å². The number of nitrogens with zero attached hydrogens (tertiary/aromatic N) is 2. The topological polar surface area (TPSA) is 17.3 Å². The summed E-state index contributed by atoms with van der Waals surface area (Å²) in [5.74, 6) is -0.408. The molecule has 0 fully saturated rings. The van der Waals surface area contributed by atoms with Crippen LogP contribution in [0.1, 0.15) is 0 Å². The quantitative estimate of drug-likeness (QED) is 0.554. The van der Waals surface area contributed by atoms with Crippen molar-refractivity contribution in [1.82, 2.24) is 9.61 Å². The van der Waals surface area contributed by atoms with Crippen molar-refractivity contribution in [2.45, 2.75) is 0 Å². The van der Waals surface area contributed by atoms with E-state index in [4.69, 9.17) is 11.6 Å². The molecule has 0 saturated carbocycles. The Balaban J connectivity index is 2.96. The van der Waals surface area contributed by atoms with E-state index in [0.29, 0.717) is 10.5 Å². The number of fused-ring (bicyclic) bond motifs is 1. The number of hydrogen-bond acceptors (Lipinski definition) is 1. The Morgan fingerprint density at radius 1 is 1.36 bits per heavy atom. The first-order valence-corrected chi connectivity index (χ1v) is 3.44. The molecule has 2 nitrogen and oxygen atoms in total. The molecule has 0 spiro atoms. The monoisotopic (exact) mass is 170 g/mol. The molecular weight excluding hydrogens is 167 g/mol. The third-order valence-electron chi connectivity index (χ3n) is 1.46. The molecule has 2 aromatic heterocycles. The maximum absolute atomic E-state index is 12.8. The van der Waals surface area contributed by atoms with Gasteiger partial charge >= 0.3 is 0 Å². The third-order valence-corrected chi connectivity index (χ3v) is 1.78. The Morgan fingerprint density at radius 3 is 2.91 bits per heavy atom. The van der Waals surface area contributed by atoms with E-state index >= 15 is 0 Å². The van der Waals surface area contributed by atoms with Crippen molar-refractivity contribution in [2.24, 2.45) is 0 Å². The molecule has 56 valence electrons. The lowest BCUT2D eigenvalue weighted by Crippen LogP contribution is -1.92. The van der Waals surface area contributed by atoms with Gasteiger partial charge in [-0.1, -0.05) is 11.6 Å². The van der Waals surface area contributed by atoms with Crippen LogP contribution in [-0.2, 0) is 0 Å².